The maximum absolute atomic E-state index is 11.1. The van der Waals surface area contributed by atoms with Crippen molar-refractivity contribution in [2.75, 3.05) is 14.1 Å². The summed E-state index contributed by atoms with van der Waals surface area (Å²) < 4.78 is 0. The van der Waals surface area contributed by atoms with E-state index in [0.717, 1.165) is 5.70 Å². The third-order valence-corrected chi connectivity index (χ3v) is 1.51. The van der Waals surface area contributed by atoms with Crippen LogP contribution in [-0.4, -0.2) is 29.9 Å². The second-order valence-electron chi connectivity index (χ2n) is 2.26. The molecule has 10 heavy (non-hydrogen) atoms. The quantitative estimate of drug-likeness (QED) is 0.490. The molecular weight excluding hydrogens is 128 g/mol. The van der Waals surface area contributed by atoms with Gasteiger partial charge in [-0.2, -0.15) is 0 Å². The number of carbonyl (C=O) groups is 1. The summed E-state index contributed by atoms with van der Waals surface area (Å²) >= 11 is 0. The lowest BCUT2D eigenvalue weighted by Gasteiger charge is -2.26. The molecule has 0 unspecified atom stereocenters. The van der Waals surface area contributed by atoms with E-state index in [9.17, 15) is 4.79 Å². The normalized spacial score (nSPS) is 18.6. The van der Waals surface area contributed by atoms with Crippen molar-refractivity contribution in [2.24, 2.45) is 0 Å². The summed E-state index contributed by atoms with van der Waals surface area (Å²) in [5, 5.41) is 0. The van der Waals surface area contributed by atoms with E-state index in [0.29, 0.717) is 0 Å². The minimum absolute atomic E-state index is 0.0486. The van der Waals surface area contributed by atoms with Crippen molar-refractivity contribution in [3.63, 3.8) is 0 Å². The number of hydrogen-bond acceptors (Lipinski definition) is 1. The SMILES string of the molecule is C=C1C=CN(C)C(=O)N1C. The van der Waals surface area contributed by atoms with E-state index in [2.05, 4.69) is 6.58 Å². The first-order valence-electron chi connectivity index (χ1n) is 3.00. The van der Waals surface area contributed by atoms with Crippen LogP contribution in [0.4, 0.5) is 4.79 Å². The van der Waals surface area contributed by atoms with E-state index >= 15 is 0 Å². The minimum atomic E-state index is -0.0486. The number of rotatable bonds is 0. The zero-order valence-electron chi connectivity index (χ0n) is 6.16. The Hall–Kier alpha value is -1.25. The molecular formula is C7H10N2O. The lowest BCUT2D eigenvalue weighted by atomic mass is 10.3. The molecule has 0 spiro atoms. The first kappa shape index (κ1) is 6.86. The molecule has 54 valence electrons. The fourth-order valence-corrected chi connectivity index (χ4v) is 0.733. The summed E-state index contributed by atoms with van der Waals surface area (Å²) in [6.45, 7) is 3.67. The van der Waals surface area contributed by atoms with Crippen LogP contribution in [0.15, 0.2) is 24.6 Å². The Morgan fingerprint density at radius 1 is 1.50 bits per heavy atom. The zero-order valence-corrected chi connectivity index (χ0v) is 6.16. The molecule has 1 aliphatic heterocycles. The van der Waals surface area contributed by atoms with Crippen molar-refractivity contribution in [3.8, 4) is 0 Å². The predicted molar refractivity (Wildman–Crippen MR) is 39.2 cm³/mol. The van der Waals surface area contributed by atoms with Crippen molar-refractivity contribution >= 4 is 6.03 Å². The van der Waals surface area contributed by atoms with Crippen LogP contribution in [0.5, 0.6) is 0 Å². The molecule has 0 aromatic heterocycles. The van der Waals surface area contributed by atoms with Crippen LogP contribution < -0.4 is 0 Å². The van der Waals surface area contributed by atoms with Crippen molar-refractivity contribution in [1.29, 1.82) is 0 Å². The highest BCUT2D eigenvalue weighted by atomic mass is 16.2. The average Bonchev–Trinajstić information content (AvgIpc) is 1.93. The molecule has 0 aliphatic carbocycles. The van der Waals surface area contributed by atoms with Gasteiger partial charge in [0.05, 0.1) is 0 Å². The summed E-state index contributed by atoms with van der Waals surface area (Å²) in [6, 6.07) is -0.0486. The molecule has 0 saturated heterocycles. The Morgan fingerprint density at radius 2 is 2.10 bits per heavy atom. The molecule has 3 nitrogen and oxygen atoms in total. The highest BCUT2D eigenvalue weighted by molar-refractivity contribution is 5.78. The van der Waals surface area contributed by atoms with Gasteiger partial charge in [0.15, 0.2) is 0 Å². The highest BCUT2D eigenvalue weighted by Crippen LogP contribution is 2.10. The molecule has 0 radical (unpaired) electrons. The molecule has 1 rings (SSSR count). The van der Waals surface area contributed by atoms with E-state index in [-0.39, 0.29) is 6.03 Å². The molecule has 1 heterocycles. The molecule has 0 atom stereocenters. The summed E-state index contributed by atoms with van der Waals surface area (Å²) in [7, 11) is 3.41. The van der Waals surface area contributed by atoms with Gasteiger partial charge in [0.2, 0.25) is 0 Å². The summed E-state index contributed by atoms with van der Waals surface area (Å²) in [4.78, 5) is 14.1. The van der Waals surface area contributed by atoms with Crippen LogP contribution in [0, 0.1) is 0 Å². The van der Waals surface area contributed by atoms with Gasteiger partial charge >= 0.3 is 6.03 Å². The number of hydrogen-bond donors (Lipinski definition) is 0. The van der Waals surface area contributed by atoms with Crippen LogP contribution in [0.2, 0.25) is 0 Å². The van der Waals surface area contributed by atoms with Gasteiger partial charge in [-0.1, -0.05) is 6.58 Å². The van der Waals surface area contributed by atoms with Gasteiger partial charge < -0.3 is 4.90 Å². The molecule has 0 bridgehead atoms. The van der Waals surface area contributed by atoms with Gasteiger partial charge in [0.1, 0.15) is 0 Å². The van der Waals surface area contributed by atoms with Crippen LogP contribution in [0.25, 0.3) is 0 Å². The van der Waals surface area contributed by atoms with E-state index < -0.39 is 0 Å². The number of nitrogens with zero attached hydrogens (tertiary/aromatic N) is 2. The molecule has 0 saturated carbocycles. The summed E-state index contributed by atoms with van der Waals surface area (Å²) in [5.41, 5.74) is 0.725. The number of allylic oxidation sites excluding steroid dienone is 1. The first-order valence-corrected chi connectivity index (χ1v) is 3.00. The lowest BCUT2D eigenvalue weighted by molar-refractivity contribution is 0.196. The Labute approximate surface area is 60.2 Å². The monoisotopic (exact) mass is 138 g/mol. The third-order valence-electron chi connectivity index (χ3n) is 1.51. The molecule has 0 aromatic carbocycles. The van der Waals surface area contributed by atoms with Crippen LogP contribution >= 0.6 is 0 Å². The van der Waals surface area contributed by atoms with Crippen molar-refractivity contribution in [2.45, 2.75) is 0 Å². The maximum atomic E-state index is 11.1. The fourth-order valence-electron chi connectivity index (χ4n) is 0.733. The molecule has 3 heteroatoms. The van der Waals surface area contributed by atoms with Gasteiger partial charge in [-0.15, -0.1) is 0 Å². The minimum Gasteiger partial charge on any atom is -0.304 e. The average molecular weight is 138 g/mol. The highest BCUT2D eigenvalue weighted by Gasteiger charge is 2.16. The topological polar surface area (TPSA) is 23.6 Å². The smallest absolute Gasteiger partial charge is 0.304 e. The predicted octanol–water partition coefficient (Wildman–Crippen LogP) is 1.01. The standard InChI is InChI=1S/C7H10N2O/c1-6-4-5-8(2)7(10)9(6)3/h4-5H,1H2,2-3H3. The van der Waals surface area contributed by atoms with Crippen molar-refractivity contribution in [3.05, 3.63) is 24.6 Å². The molecule has 1 aliphatic rings. The molecule has 0 fully saturated rings. The van der Waals surface area contributed by atoms with E-state index in [4.69, 9.17) is 0 Å². The Morgan fingerprint density at radius 3 is 2.60 bits per heavy atom. The number of carbonyl (C=O) groups excluding carboxylic acids is 1. The number of likely N-dealkylation sites (N-methyl/N-ethyl adjacent to an activating group) is 1. The van der Waals surface area contributed by atoms with Gasteiger partial charge in [-0.25, -0.2) is 4.79 Å². The second-order valence-corrected chi connectivity index (χ2v) is 2.26. The fraction of sp³-hybridized carbons (Fsp3) is 0.286. The van der Waals surface area contributed by atoms with Gasteiger partial charge in [-0.05, 0) is 6.08 Å². The second kappa shape index (κ2) is 2.17. The molecule has 0 N–H and O–H groups in total. The maximum Gasteiger partial charge on any atom is 0.327 e. The van der Waals surface area contributed by atoms with Gasteiger partial charge in [-0.3, -0.25) is 4.90 Å². The zero-order chi connectivity index (χ0) is 7.72. The largest absolute Gasteiger partial charge is 0.327 e. The number of urea groups is 1. The Balaban J connectivity index is 2.89. The Kier molecular flexibility index (Phi) is 1.49. The van der Waals surface area contributed by atoms with Crippen LogP contribution in [-0.2, 0) is 0 Å². The number of amides is 2. The van der Waals surface area contributed by atoms with Gasteiger partial charge in [0.25, 0.3) is 0 Å². The Bertz CT molecular complexity index is 208. The summed E-state index contributed by atoms with van der Waals surface area (Å²) in [6.07, 6.45) is 3.49. The molecule has 2 amide bonds. The van der Waals surface area contributed by atoms with Crippen molar-refractivity contribution < 1.29 is 4.79 Å². The van der Waals surface area contributed by atoms with E-state index in [1.807, 2.05) is 0 Å². The van der Waals surface area contributed by atoms with E-state index in [1.54, 1.807) is 26.4 Å². The lowest BCUT2D eigenvalue weighted by Crippen LogP contribution is -2.37. The first-order chi connectivity index (χ1) is 4.63. The summed E-state index contributed by atoms with van der Waals surface area (Å²) in [5.74, 6) is 0. The van der Waals surface area contributed by atoms with Crippen LogP contribution in [0.1, 0.15) is 0 Å². The van der Waals surface area contributed by atoms with Crippen molar-refractivity contribution in [1.82, 2.24) is 9.80 Å². The van der Waals surface area contributed by atoms with E-state index in [1.165, 1.54) is 9.80 Å². The third kappa shape index (κ3) is 0.900. The van der Waals surface area contributed by atoms with Gasteiger partial charge in [0, 0.05) is 26.0 Å². The molecule has 0 aromatic rings. The van der Waals surface area contributed by atoms with Crippen LogP contribution in [0.3, 0.4) is 0 Å².